The molecule has 2 saturated heterocycles. The summed E-state index contributed by atoms with van der Waals surface area (Å²) in [6, 6.07) is 4.05. The highest BCUT2D eigenvalue weighted by Gasteiger charge is 2.52. The number of carboxylic acids is 1. The molecule has 2 fully saturated rings. The number of hydrogen-bond donors (Lipinski definition) is 20. The van der Waals surface area contributed by atoms with Crippen LogP contribution in [-0.4, -0.2) is 239 Å². The van der Waals surface area contributed by atoms with Gasteiger partial charge in [-0.1, -0.05) is 106 Å². The van der Waals surface area contributed by atoms with E-state index >= 15 is 28.8 Å². The number of nitrogens with one attached hydrogen (secondary N) is 8. The fourth-order valence-electron chi connectivity index (χ4n) is 16.0. The first-order chi connectivity index (χ1) is 62.0. The molecule has 8 amide bonds. The summed E-state index contributed by atoms with van der Waals surface area (Å²) in [5.74, 6) is -18.5. The van der Waals surface area contributed by atoms with Gasteiger partial charge < -0.3 is 142 Å². The summed E-state index contributed by atoms with van der Waals surface area (Å²) >= 11 is 14.3. The molecule has 7 aromatic rings. The Hall–Kier alpha value is -12.5. The zero-order chi connectivity index (χ0) is 93.5. The molecule has 8 aliphatic heterocycles. The van der Waals surface area contributed by atoms with Gasteiger partial charge in [-0.3, -0.25) is 38.4 Å². The first-order valence-corrected chi connectivity index (χ1v) is 42.6. The van der Waals surface area contributed by atoms with Crippen molar-refractivity contribution in [3.8, 4) is 80.1 Å². The zero-order valence-electron chi connectivity index (χ0n) is 70.5. The third kappa shape index (κ3) is 21.3. The lowest BCUT2D eigenvalue weighted by molar-refractivity contribution is -0.277. The van der Waals surface area contributed by atoms with Crippen molar-refractivity contribution >= 4 is 76.4 Å². The number of aliphatic hydroxyl groups excluding tert-OH is 7. The fourth-order valence-corrected chi connectivity index (χ4v) is 16.5. The molecule has 18 atom stereocenters. The molecule has 694 valence electrons. The number of rotatable bonds is 23. The van der Waals surface area contributed by atoms with Crippen LogP contribution < -0.4 is 66.2 Å². The summed E-state index contributed by atoms with van der Waals surface area (Å²) in [6.07, 6.45) is -16.2. The van der Waals surface area contributed by atoms with Gasteiger partial charge in [0.25, 0.3) is 0 Å². The number of aliphatic carboxylic acids is 1. The van der Waals surface area contributed by atoms with Crippen LogP contribution >= 0.6 is 23.2 Å². The second kappa shape index (κ2) is 41.1. The van der Waals surface area contributed by atoms with Gasteiger partial charge in [0.1, 0.15) is 125 Å². The third-order valence-corrected chi connectivity index (χ3v) is 23.6. The molecule has 8 aliphatic rings. The molecule has 8 heterocycles. The van der Waals surface area contributed by atoms with E-state index in [4.69, 9.17) is 56.4 Å². The van der Waals surface area contributed by atoms with Crippen molar-refractivity contribution in [1.82, 2.24) is 52.4 Å². The standard InChI is InChI=1S/C88H99Cl2N11O29/c1-38(2)13-10-8-6-7-9-11-14-61(107)93-69-73(110)75(112)78(86(121)122)130-87(69)129-77-58-31-43-32-59(77)126-55-24-19-42(29-50(55)89)71(108)68-84(119)97-66(80(115)91-25-12-26-100(3)4)48-33-44(103)34-57(127-88-76(113)74(111)72(109)60(37-102)128-88)62(48)47-28-40(17-22-52(47)104)64(81(116)98-68)94-82(117)65(43)95-83(118)67-49-35-46(36-54(106)63(49)90)125-56-30-41(18-23-53(56)105)70(101(5)99-123)85(120)92-51(79(114)96-67)27-39-15-20-45(124-58)21-16-39/h15-24,28-36,38,51,60,64-76,78,87-88,102-106,108-113H,6-14,25-27,37H2,1-5H3,(H,91,115)(H,92,120)(H,93,107)(H,94,117)(H,95,118)(H,96,114)(H,97,119)(H,98,116)(H,121,122)/t51-,60-,64-,65-,66-,67+,68+,69-,70+,71-,72-,73-,74+,75+,76+,78+,87-,88+/m1/s1. The number of ether oxygens (including phenoxy) is 7. The number of carbonyl (C=O) groups excluding carboxylic acids is 8. The molecule has 20 N–H and O–H groups in total. The van der Waals surface area contributed by atoms with Gasteiger partial charge in [-0.25, -0.2) is 9.80 Å². The lowest BCUT2D eigenvalue weighted by Gasteiger charge is -2.41. The van der Waals surface area contributed by atoms with Gasteiger partial charge in [0, 0.05) is 55.3 Å². The van der Waals surface area contributed by atoms with Crippen molar-refractivity contribution in [2.24, 2.45) is 11.2 Å². The van der Waals surface area contributed by atoms with Crippen LogP contribution in [0.3, 0.4) is 0 Å². The summed E-state index contributed by atoms with van der Waals surface area (Å²) < 4.78 is 44.4. The number of halogens is 2. The largest absolute Gasteiger partial charge is 0.508 e. The van der Waals surface area contributed by atoms with Crippen molar-refractivity contribution in [3.63, 3.8) is 0 Å². The van der Waals surface area contributed by atoms with Crippen LogP contribution in [0.1, 0.15) is 147 Å². The number of hydrogen-bond acceptors (Lipinski definition) is 30. The van der Waals surface area contributed by atoms with Gasteiger partial charge in [0.15, 0.2) is 35.1 Å². The van der Waals surface area contributed by atoms with Crippen molar-refractivity contribution in [2.45, 2.75) is 188 Å². The Kier molecular flexibility index (Phi) is 30.1. The van der Waals surface area contributed by atoms with E-state index in [9.17, 15) is 80.6 Å². The number of unbranched alkanes of at least 4 members (excludes halogenated alkanes) is 5. The number of benzene rings is 7. The number of aromatic hydroxyl groups is 4. The average Bonchev–Trinajstić information content (AvgIpc) is 0.750. The maximum Gasteiger partial charge on any atom is 0.335 e. The Morgan fingerprint density at radius 3 is 1.91 bits per heavy atom. The molecule has 0 aliphatic carbocycles. The lowest BCUT2D eigenvalue weighted by atomic mass is 9.89. The van der Waals surface area contributed by atoms with Gasteiger partial charge in [0.05, 0.1) is 21.9 Å². The summed E-state index contributed by atoms with van der Waals surface area (Å²) in [6.45, 7) is 3.57. The number of aliphatic hydroxyl groups is 7. The quantitative estimate of drug-likeness (QED) is 0.0237. The minimum absolute atomic E-state index is 0.0531. The summed E-state index contributed by atoms with van der Waals surface area (Å²) in [4.78, 5) is 153. The summed E-state index contributed by atoms with van der Waals surface area (Å²) in [5.41, 5.74) is -3.16. The molecule has 130 heavy (non-hydrogen) atoms. The van der Waals surface area contributed by atoms with Gasteiger partial charge in [0.2, 0.25) is 65.6 Å². The number of likely N-dealkylation sites (N-methyl/N-ethyl adjacent to an activating group) is 1. The first kappa shape index (κ1) is 95.1. The number of carboxylic acid groups (broad SMARTS) is 1. The molecular weight excluding hydrogens is 1750 g/mol. The second-order valence-corrected chi connectivity index (χ2v) is 33.8. The molecule has 0 spiro atoms. The van der Waals surface area contributed by atoms with Gasteiger partial charge >= 0.3 is 5.97 Å². The Morgan fingerprint density at radius 2 is 1.22 bits per heavy atom. The minimum atomic E-state index is -2.49. The van der Waals surface area contributed by atoms with Crippen LogP contribution in [0.4, 0.5) is 0 Å². The minimum Gasteiger partial charge on any atom is -0.508 e. The average molecular weight is 1850 g/mol. The topological polar surface area (TPSA) is 593 Å². The molecule has 0 unspecified atom stereocenters. The molecule has 17 bridgehead atoms. The van der Waals surface area contributed by atoms with Crippen molar-refractivity contribution in [1.29, 1.82) is 0 Å². The smallest absolute Gasteiger partial charge is 0.335 e. The van der Waals surface area contributed by atoms with E-state index < -0.39 is 283 Å². The van der Waals surface area contributed by atoms with Gasteiger partial charge in [-0.2, -0.15) is 0 Å². The van der Waals surface area contributed by atoms with E-state index in [1.165, 1.54) is 30.3 Å². The van der Waals surface area contributed by atoms with Gasteiger partial charge in [-0.05, 0) is 146 Å². The number of carbonyl (C=O) groups is 9. The fraction of sp³-hybridized carbons (Fsp3) is 0.420. The third-order valence-electron chi connectivity index (χ3n) is 22.9. The van der Waals surface area contributed by atoms with E-state index in [-0.39, 0.29) is 41.8 Å². The normalized spacial score (nSPS) is 25.6. The van der Waals surface area contributed by atoms with Crippen LogP contribution in [0.15, 0.2) is 121 Å². The summed E-state index contributed by atoms with van der Waals surface area (Å²) in [5, 5.41) is 162. The van der Waals surface area contributed by atoms with E-state index in [2.05, 4.69) is 61.7 Å². The highest BCUT2D eigenvalue weighted by Crippen LogP contribution is 2.51. The predicted molar refractivity (Wildman–Crippen MR) is 457 cm³/mol. The van der Waals surface area contributed by atoms with E-state index in [1.807, 2.05) is 0 Å². The molecule has 15 rings (SSSR count). The Morgan fingerprint density at radius 1 is 0.569 bits per heavy atom. The van der Waals surface area contributed by atoms with E-state index in [0.29, 0.717) is 30.3 Å². The van der Waals surface area contributed by atoms with Crippen LogP contribution in [0, 0.1) is 10.8 Å². The first-order valence-electron chi connectivity index (χ1n) is 41.8. The molecule has 0 saturated carbocycles. The second-order valence-electron chi connectivity index (χ2n) is 33.0. The maximum absolute atomic E-state index is 16.9. The number of phenols is 4. The SMILES string of the molecule is CC(C)CCCCCCCCC(=O)N[C@H]1[C@H](Oc2c3cc4cc2Oc2ccc(cc2Cl)[C@@H](O)[C@@H]2NC(=O)[C@H](NC(=O)[C@@H]4NC(=O)[C@H]4NC(=O)[C@@H](Cc5ccc(cc5)O3)NC(=O)[C@@H](N(C)N=O)c3ccc(O)c(c3)Oc3cc(O)c(Cl)c4c3)c3ccc(O)c(c3)-c3c(O[C@H]4O[C@H](CO)[C@@H](O)[C@H](O)[C@@H]4O)cc(O)cc3[C@H](C(=O)NCCCN(C)C)NC2=O)O[C@H](C(=O)O)[C@@H](O)[C@@H]1O. The summed E-state index contributed by atoms with van der Waals surface area (Å²) in [7, 11) is 4.64. The zero-order valence-corrected chi connectivity index (χ0v) is 72.0. The molecule has 0 aromatic heterocycles. The van der Waals surface area contributed by atoms with Crippen LogP contribution in [0.25, 0.3) is 11.1 Å². The van der Waals surface area contributed by atoms with E-state index in [1.54, 1.807) is 19.0 Å². The highest BCUT2D eigenvalue weighted by atomic mass is 35.5. The van der Waals surface area contributed by atoms with Crippen LogP contribution in [0.5, 0.6) is 69.0 Å². The molecule has 42 heteroatoms. The number of fused-ring (bicyclic) bond motifs is 14. The Balaban J connectivity index is 1.05. The molecule has 40 nitrogen and oxygen atoms in total. The monoisotopic (exact) mass is 1840 g/mol. The van der Waals surface area contributed by atoms with E-state index in [0.717, 1.165) is 124 Å². The van der Waals surface area contributed by atoms with Crippen molar-refractivity contribution < 1.29 is 138 Å². The molecular formula is C88H99Cl2N11O29. The Bertz CT molecular complexity index is 5440. The Labute approximate surface area is 751 Å². The molecule has 0 radical (unpaired) electrons. The molecule has 7 aromatic carbocycles. The van der Waals surface area contributed by atoms with Crippen LogP contribution in [-0.2, 0) is 59.0 Å². The van der Waals surface area contributed by atoms with Crippen molar-refractivity contribution in [2.75, 3.05) is 40.8 Å². The highest BCUT2D eigenvalue weighted by molar-refractivity contribution is 6.33. The van der Waals surface area contributed by atoms with Gasteiger partial charge in [-0.15, -0.1) is 4.91 Å². The lowest BCUT2D eigenvalue weighted by Crippen LogP contribution is -2.66. The maximum atomic E-state index is 16.9. The number of amides is 8. The van der Waals surface area contributed by atoms with Crippen molar-refractivity contribution in [3.05, 3.63) is 169 Å². The number of nitroso groups, excluding NO2 is 1. The van der Waals surface area contributed by atoms with Crippen LogP contribution in [0.2, 0.25) is 10.0 Å². The predicted octanol–water partition coefficient (Wildman–Crippen LogP) is 4.56. The number of nitrogens with zero attached hydrogens (tertiary/aromatic N) is 3. The number of phenolic OH excluding ortho intramolecular Hbond substituents is 4.